The van der Waals surface area contributed by atoms with Crippen molar-refractivity contribution < 1.29 is 23.8 Å². The minimum Gasteiger partial charge on any atom is -0.462 e. The zero-order valence-electron chi connectivity index (χ0n) is 12.8. The lowest BCUT2D eigenvalue weighted by Gasteiger charge is -2.45. The molecule has 0 amide bonds. The van der Waals surface area contributed by atoms with Crippen molar-refractivity contribution in [2.45, 2.75) is 43.8 Å². The Bertz CT molecular complexity index is 475. The highest BCUT2D eigenvalue weighted by molar-refractivity contribution is 5.75. The molecule has 0 N–H and O–H groups in total. The van der Waals surface area contributed by atoms with Crippen molar-refractivity contribution in [2.24, 2.45) is 11.8 Å². The third kappa shape index (κ3) is 2.74. The summed E-state index contributed by atoms with van der Waals surface area (Å²) in [4.78, 5) is 26.5. The second-order valence-electron chi connectivity index (χ2n) is 7.25. The van der Waals surface area contributed by atoms with Crippen LogP contribution in [0, 0.1) is 11.8 Å². The van der Waals surface area contributed by atoms with E-state index in [-0.39, 0.29) is 24.0 Å². The molecule has 4 atom stereocenters. The second kappa shape index (κ2) is 5.49. The third-order valence-corrected chi connectivity index (χ3v) is 5.50. The summed E-state index contributed by atoms with van der Waals surface area (Å²) in [6.45, 7) is 3.22. The first-order valence-corrected chi connectivity index (χ1v) is 8.34. The standard InChI is InChI=1S/C16H23NO5/c18-14(10-17-1-3-20-4-2-17)22-16-7-11-5-12(8-16)15(19)21-13(6-11)9-16/h11-13H,1-10H2. The monoisotopic (exact) mass is 309 g/mol. The van der Waals surface area contributed by atoms with Gasteiger partial charge < -0.3 is 14.2 Å². The molecule has 0 radical (unpaired) electrons. The Balaban J connectivity index is 1.43. The normalized spacial score (nSPS) is 41.1. The number of hydrogen-bond donors (Lipinski definition) is 0. The highest BCUT2D eigenvalue weighted by atomic mass is 16.6. The summed E-state index contributed by atoms with van der Waals surface area (Å²) in [5.41, 5.74) is -0.466. The quantitative estimate of drug-likeness (QED) is 0.716. The summed E-state index contributed by atoms with van der Waals surface area (Å²) >= 11 is 0. The van der Waals surface area contributed by atoms with E-state index in [0.29, 0.717) is 38.5 Å². The summed E-state index contributed by atoms with van der Waals surface area (Å²) in [6, 6.07) is 0. The maximum Gasteiger partial charge on any atom is 0.320 e. The van der Waals surface area contributed by atoms with E-state index in [2.05, 4.69) is 4.90 Å². The fourth-order valence-electron chi connectivity index (χ4n) is 4.71. The van der Waals surface area contributed by atoms with Gasteiger partial charge in [-0.15, -0.1) is 0 Å². The van der Waals surface area contributed by atoms with Crippen LogP contribution in [0.2, 0.25) is 0 Å². The van der Waals surface area contributed by atoms with Crippen LogP contribution in [0.5, 0.6) is 0 Å². The Morgan fingerprint density at radius 3 is 2.86 bits per heavy atom. The molecule has 5 fully saturated rings. The van der Waals surface area contributed by atoms with Gasteiger partial charge in [-0.2, -0.15) is 0 Å². The van der Waals surface area contributed by atoms with Gasteiger partial charge in [-0.25, -0.2) is 0 Å². The van der Waals surface area contributed by atoms with Gasteiger partial charge in [0, 0.05) is 25.9 Å². The molecule has 3 heterocycles. The number of carbonyl (C=O) groups excluding carboxylic acids is 2. The molecule has 4 unspecified atom stereocenters. The SMILES string of the molecule is O=C(CN1CCOCC1)OC12CC3CC(C1)OC(=O)C(C3)C2. The van der Waals surface area contributed by atoms with Gasteiger partial charge in [0.15, 0.2) is 0 Å². The van der Waals surface area contributed by atoms with E-state index >= 15 is 0 Å². The van der Waals surface area contributed by atoms with E-state index in [1.54, 1.807) is 0 Å². The molecule has 122 valence electrons. The van der Waals surface area contributed by atoms with E-state index in [1.165, 1.54) is 0 Å². The van der Waals surface area contributed by atoms with Crippen LogP contribution >= 0.6 is 0 Å². The molecule has 3 aliphatic heterocycles. The molecule has 5 rings (SSSR count). The number of ether oxygens (including phenoxy) is 3. The molecule has 0 aromatic carbocycles. The molecular weight excluding hydrogens is 286 g/mol. The van der Waals surface area contributed by atoms with E-state index < -0.39 is 5.60 Å². The molecule has 3 saturated heterocycles. The van der Waals surface area contributed by atoms with Crippen LogP contribution in [-0.4, -0.2) is 61.4 Å². The molecule has 22 heavy (non-hydrogen) atoms. The van der Waals surface area contributed by atoms with E-state index in [9.17, 15) is 9.59 Å². The van der Waals surface area contributed by atoms with Crippen molar-refractivity contribution in [1.82, 2.24) is 4.90 Å². The van der Waals surface area contributed by atoms with Crippen molar-refractivity contribution in [3.8, 4) is 0 Å². The summed E-state index contributed by atoms with van der Waals surface area (Å²) in [6.07, 6.45) is 4.00. The van der Waals surface area contributed by atoms with Crippen molar-refractivity contribution >= 4 is 11.9 Å². The van der Waals surface area contributed by atoms with Crippen LogP contribution in [0.3, 0.4) is 0 Å². The molecular formula is C16H23NO5. The van der Waals surface area contributed by atoms with Crippen LogP contribution in [0.4, 0.5) is 0 Å². The number of rotatable bonds is 3. The highest BCUT2D eigenvalue weighted by Gasteiger charge is 2.54. The Labute approximate surface area is 130 Å². The van der Waals surface area contributed by atoms with Gasteiger partial charge in [-0.05, 0) is 25.2 Å². The lowest BCUT2D eigenvalue weighted by molar-refractivity contribution is -0.175. The number of fused-ring (bicyclic) bond motifs is 1. The summed E-state index contributed by atoms with van der Waals surface area (Å²) in [5, 5.41) is 0. The number of nitrogens with zero attached hydrogens (tertiary/aromatic N) is 1. The molecule has 6 heteroatoms. The third-order valence-electron chi connectivity index (χ3n) is 5.50. The van der Waals surface area contributed by atoms with Gasteiger partial charge in [0.2, 0.25) is 0 Å². The summed E-state index contributed by atoms with van der Waals surface area (Å²) in [7, 11) is 0. The predicted octanol–water partition coefficient (Wildman–Crippen LogP) is 0.736. The summed E-state index contributed by atoms with van der Waals surface area (Å²) in [5.74, 6) is 0.122. The molecule has 2 saturated carbocycles. The fourth-order valence-corrected chi connectivity index (χ4v) is 4.71. The van der Waals surface area contributed by atoms with Crippen LogP contribution in [0.15, 0.2) is 0 Å². The first kappa shape index (κ1) is 14.5. The fraction of sp³-hybridized carbons (Fsp3) is 0.875. The number of esters is 2. The van der Waals surface area contributed by atoms with Crippen molar-refractivity contribution in [1.29, 1.82) is 0 Å². The molecule has 0 aromatic rings. The lowest BCUT2D eigenvalue weighted by Crippen LogP contribution is -2.50. The average Bonchev–Trinajstić information content (AvgIpc) is 2.61. The maximum atomic E-state index is 12.4. The van der Waals surface area contributed by atoms with E-state index in [0.717, 1.165) is 32.4 Å². The Hall–Kier alpha value is -1.14. The topological polar surface area (TPSA) is 65.1 Å². The van der Waals surface area contributed by atoms with E-state index in [4.69, 9.17) is 14.2 Å². The zero-order valence-corrected chi connectivity index (χ0v) is 12.8. The molecule has 4 bridgehead atoms. The van der Waals surface area contributed by atoms with Gasteiger partial charge in [-0.3, -0.25) is 14.5 Å². The number of morpholine rings is 1. The molecule has 0 aromatic heterocycles. The van der Waals surface area contributed by atoms with Gasteiger partial charge in [-0.1, -0.05) is 0 Å². The lowest BCUT2D eigenvalue weighted by atomic mass is 9.65. The number of hydrogen-bond acceptors (Lipinski definition) is 6. The van der Waals surface area contributed by atoms with Crippen molar-refractivity contribution in [3.05, 3.63) is 0 Å². The Morgan fingerprint density at radius 2 is 2.05 bits per heavy atom. The van der Waals surface area contributed by atoms with Gasteiger partial charge >= 0.3 is 11.9 Å². The van der Waals surface area contributed by atoms with Crippen LogP contribution in [-0.2, 0) is 23.8 Å². The van der Waals surface area contributed by atoms with Crippen LogP contribution in [0.25, 0.3) is 0 Å². The van der Waals surface area contributed by atoms with Crippen LogP contribution in [0.1, 0.15) is 32.1 Å². The second-order valence-corrected chi connectivity index (χ2v) is 7.25. The van der Waals surface area contributed by atoms with Gasteiger partial charge in [0.05, 0.1) is 25.7 Å². The van der Waals surface area contributed by atoms with Crippen molar-refractivity contribution in [2.75, 3.05) is 32.8 Å². The largest absolute Gasteiger partial charge is 0.462 e. The Morgan fingerprint density at radius 1 is 1.23 bits per heavy atom. The molecule has 6 nitrogen and oxygen atoms in total. The Kier molecular flexibility index (Phi) is 3.61. The molecule has 0 spiro atoms. The maximum absolute atomic E-state index is 12.4. The number of carbonyl (C=O) groups is 2. The van der Waals surface area contributed by atoms with Gasteiger partial charge in [0.25, 0.3) is 0 Å². The van der Waals surface area contributed by atoms with Gasteiger partial charge in [0.1, 0.15) is 11.7 Å². The minimum atomic E-state index is -0.466. The smallest absolute Gasteiger partial charge is 0.320 e. The highest BCUT2D eigenvalue weighted by Crippen LogP contribution is 2.51. The predicted molar refractivity (Wildman–Crippen MR) is 76.0 cm³/mol. The van der Waals surface area contributed by atoms with Crippen LogP contribution < -0.4 is 0 Å². The van der Waals surface area contributed by atoms with E-state index in [1.807, 2.05) is 0 Å². The summed E-state index contributed by atoms with van der Waals surface area (Å²) < 4.78 is 16.8. The zero-order chi connectivity index (χ0) is 15.2. The van der Waals surface area contributed by atoms with Crippen molar-refractivity contribution in [3.63, 3.8) is 0 Å². The first-order chi connectivity index (χ1) is 10.6. The molecule has 2 aliphatic carbocycles. The average molecular weight is 309 g/mol. The molecule has 5 aliphatic rings. The first-order valence-electron chi connectivity index (χ1n) is 8.34. The minimum absolute atomic E-state index is 0.0602.